The van der Waals surface area contributed by atoms with E-state index in [0.717, 1.165) is 19.6 Å². The Bertz CT molecular complexity index is 333. The van der Waals surface area contributed by atoms with Crippen LogP contribution in [0.1, 0.15) is 5.56 Å². The first-order chi connectivity index (χ1) is 8.33. The number of nitrogens with zero attached hydrogens (tertiary/aromatic N) is 1. The van der Waals surface area contributed by atoms with Crippen molar-refractivity contribution in [3.8, 4) is 0 Å². The zero-order chi connectivity index (χ0) is 12.1. The van der Waals surface area contributed by atoms with Gasteiger partial charge in [-0.2, -0.15) is 0 Å². The van der Waals surface area contributed by atoms with Gasteiger partial charge in [0.15, 0.2) is 0 Å². The van der Waals surface area contributed by atoms with Crippen LogP contribution in [0.4, 0.5) is 0 Å². The molecule has 0 amide bonds. The zero-order valence-electron chi connectivity index (χ0n) is 10.2. The topological polar surface area (TPSA) is 38.5 Å². The van der Waals surface area contributed by atoms with E-state index in [2.05, 4.69) is 35.2 Å². The van der Waals surface area contributed by atoms with E-state index in [-0.39, 0.29) is 6.10 Å². The lowest BCUT2D eigenvalue weighted by Crippen LogP contribution is -2.26. The molecule has 1 aliphatic rings. The lowest BCUT2D eigenvalue weighted by molar-refractivity contribution is 0.203. The molecule has 94 valence electrons. The van der Waals surface area contributed by atoms with Crippen molar-refractivity contribution in [2.75, 3.05) is 25.9 Å². The molecular weight excluding hydrogens is 232 g/mol. The van der Waals surface area contributed by atoms with Crippen LogP contribution in [0.25, 0.3) is 0 Å². The zero-order valence-corrected chi connectivity index (χ0v) is 11.0. The fourth-order valence-electron chi connectivity index (χ4n) is 2.36. The van der Waals surface area contributed by atoms with Crippen LogP contribution in [0.2, 0.25) is 0 Å². The highest BCUT2D eigenvalue weighted by Crippen LogP contribution is 2.23. The third kappa shape index (κ3) is 3.45. The minimum Gasteiger partial charge on any atom is -0.330 e. The van der Waals surface area contributed by atoms with Gasteiger partial charge < -0.3 is 9.92 Å². The summed E-state index contributed by atoms with van der Waals surface area (Å²) in [6.07, 6.45) is 2.24. The first-order valence-corrected chi connectivity index (χ1v) is 7.14. The molecule has 1 aliphatic heterocycles. The van der Waals surface area contributed by atoms with Gasteiger partial charge in [0.1, 0.15) is 0 Å². The molecule has 0 unspecified atom stereocenters. The lowest BCUT2D eigenvalue weighted by atomic mass is 10.1. The highest BCUT2D eigenvalue weighted by molar-refractivity contribution is 7.93. The molecule has 2 rings (SSSR count). The fourth-order valence-corrected chi connectivity index (χ4v) is 2.82. The van der Waals surface area contributed by atoms with Gasteiger partial charge >= 0.3 is 0 Å². The standard InChI is InChI=1S/C13H20N2OS/c1-17-16-13-10-15(9-12(13)7-14)8-11-5-3-2-4-6-11/h2-6,12-13H,7-10,14H2,1H3/t12-,13-/m1/s1. The highest BCUT2D eigenvalue weighted by atomic mass is 32.2. The van der Waals surface area contributed by atoms with Crippen molar-refractivity contribution in [2.24, 2.45) is 11.7 Å². The summed E-state index contributed by atoms with van der Waals surface area (Å²) in [5.41, 5.74) is 7.15. The summed E-state index contributed by atoms with van der Waals surface area (Å²) in [4.78, 5) is 2.42. The quantitative estimate of drug-likeness (QED) is 0.810. The number of hydrogen-bond donors (Lipinski definition) is 1. The van der Waals surface area contributed by atoms with Gasteiger partial charge in [-0.25, -0.2) is 0 Å². The Labute approximate surface area is 108 Å². The predicted octanol–water partition coefficient (Wildman–Crippen LogP) is 1.74. The van der Waals surface area contributed by atoms with Crippen LogP contribution in [0, 0.1) is 5.92 Å². The summed E-state index contributed by atoms with van der Waals surface area (Å²) >= 11 is 1.44. The van der Waals surface area contributed by atoms with Gasteiger partial charge in [0.2, 0.25) is 0 Å². The Kier molecular flexibility index (Phi) is 4.86. The predicted molar refractivity (Wildman–Crippen MR) is 72.7 cm³/mol. The van der Waals surface area contributed by atoms with E-state index in [1.807, 2.05) is 6.26 Å². The van der Waals surface area contributed by atoms with Crippen LogP contribution in [0.15, 0.2) is 30.3 Å². The third-order valence-electron chi connectivity index (χ3n) is 3.23. The van der Waals surface area contributed by atoms with Gasteiger partial charge in [0, 0.05) is 31.8 Å². The van der Waals surface area contributed by atoms with E-state index in [4.69, 9.17) is 9.92 Å². The molecule has 0 bridgehead atoms. The van der Waals surface area contributed by atoms with Crippen molar-refractivity contribution >= 4 is 12.0 Å². The first-order valence-electron chi connectivity index (χ1n) is 5.99. The third-order valence-corrected chi connectivity index (χ3v) is 3.67. The van der Waals surface area contributed by atoms with Crippen molar-refractivity contribution in [3.05, 3.63) is 35.9 Å². The molecular formula is C13H20N2OS. The van der Waals surface area contributed by atoms with E-state index in [9.17, 15) is 0 Å². The van der Waals surface area contributed by atoms with Gasteiger partial charge in [-0.15, -0.1) is 0 Å². The van der Waals surface area contributed by atoms with Gasteiger partial charge in [-0.05, 0) is 24.2 Å². The summed E-state index contributed by atoms with van der Waals surface area (Å²) in [5, 5.41) is 0. The van der Waals surface area contributed by atoms with Crippen LogP contribution >= 0.6 is 12.0 Å². The second-order valence-electron chi connectivity index (χ2n) is 4.48. The SMILES string of the molecule is CSO[C@@H]1CN(Cc2ccccc2)C[C@H]1CN. The van der Waals surface area contributed by atoms with Crippen molar-refractivity contribution in [1.82, 2.24) is 4.90 Å². The minimum atomic E-state index is 0.277. The van der Waals surface area contributed by atoms with Gasteiger partial charge in [0.05, 0.1) is 6.10 Å². The molecule has 1 heterocycles. The minimum absolute atomic E-state index is 0.277. The van der Waals surface area contributed by atoms with Crippen LogP contribution in [-0.4, -0.2) is 36.9 Å². The Balaban J connectivity index is 1.91. The van der Waals surface area contributed by atoms with Crippen molar-refractivity contribution in [1.29, 1.82) is 0 Å². The van der Waals surface area contributed by atoms with Crippen LogP contribution < -0.4 is 5.73 Å². The molecule has 0 spiro atoms. The molecule has 17 heavy (non-hydrogen) atoms. The summed E-state index contributed by atoms with van der Waals surface area (Å²) in [7, 11) is 0. The number of hydrogen-bond acceptors (Lipinski definition) is 4. The van der Waals surface area contributed by atoms with Crippen molar-refractivity contribution < 1.29 is 4.18 Å². The Hall–Kier alpha value is -0.550. The summed E-state index contributed by atoms with van der Waals surface area (Å²) in [5.74, 6) is 0.464. The monoisotopic (exact) mass is 252 g/mol. The molecule has 0 radical (unpaired) electrons. The van der Waals surface area contributed by atoms with Gasteiger partial charge in [0.25, 0.3) is 0 Å². The number of nitrogens with two attached hydrogens (primary N) is 1. The number of likely N-dealkylation sites (tertiary alicyclic amines) is 1. The Morgan fingerprint density at radius 1 is 1.35 bits per heavy atom. The molecule has 1 aromatic rings. The normalized spacial score (nSPS) is 25.3. The molecule has 0 saturated carbocycles. The average molecular weight is 252 g/mol. The van der Waals surface area contributed by atoms with Crippen LogP contribution in [0.3, 0.4) is 0 Å². The van der Waals surface area contributed by atoms with Crippen LogP contribution in [-0.2, 0) is 10.7 Å². The second-order valence-corrected chi connectivity index (χ2v) is 5.00. The Morgan fingerprint density at radius 2 is 2.12 bits per heavy atom. The largest absolute Gasteiger partial charge is 0.330 e. The molecule has 0 aliphatic carbocycles. The molecule has 1 aromatic carbocycles. The molecule has 4 heteroatoms. The molecule has 3 nitrogen and oxygen atoms in total. The van der Waals surface area contributed by atoms with Crippen LogP contribution in [0.5, 0.6) is 0 Å². The van der Waals surface area contributed by atoms with Gasteiger partial charge in [-0.1, -0.05) is 30.3 Å². The van der Waals surface area contributed by atoms with Crippen molar-refractivity contribution in [2.45, 2.75) is 12.6 Å². The fraction of sp³-hybridized carbons (Fsp3) is 0.538. The summed E-state index contributed by atoms with van der Waals surface area (Å²) < 4.78 is 5.67. The van der Waals surface area contributed by atoms with E-state index >= 15 is 0 Å². The van der Waals surface area contributed by atoms with E-state index in [0.29, 0.717) is 12.5 Å². The Morgan fingerprint density at radius 3 is 2.76 bits per heavy atom. The molecule has 1 saturated heterocycles. The molecule has 1 fully saturated rings. The average Bonchev–Trinajstić information content (AvgIpc) is 2.73. The number of benzene rings is 1. The van der Waals surface area contributed by atoms with E-state index < -0.39 is 0 Å². The molecule has 2 atom stereocenters. The maximum atomic E-state index is 5.79. The van der Waals surface area contributed by atoms with E-state index in [1.54, 1.807) is 0 Å². The van der Waals surface area contributed by atoms with E-state index in [1.165, 1.54) is 17.6 Å². The van der Waals surface area contributed by atoms with Crippen molar-refractivity contribution in [3.63, 3.8) is 0 Å². The summed E-state index contributed by atoms with van der Waals surface area (Å²) in [6, 6.07) is 10.6. The number of rotatable bonds is 5. The smallest absolute Gasteiger partial charge is 0.0901 e. The molecule has 0 aromatic heterocycles. The summed E-state index contributed by atoms with van der Waals surface area (Å²) in [6.45, 7) is 3.72. The maximum Gasteiger partial charge on any atom is 0.0901 e. The molecule has 2 N–H and O–H groups in total. The first kappa shape index (κ1) is 12.9. The lowest BCUT2D eigenvalue weighted by Gasteiger charge is -2.15. The van der Waals surface area contributed by atoms with Gasteiger partial charge in [-0.3, -0.25) is 4.90 Å². The maximum absolute atomic E-state index is 5.79. The second kappa shape index (κ2) is 6.40. The highest BCUT2D eigenvalue weighted by Gasteiger charge is 2.32.